The van der Waals surface area contributed by atoms with Crippen LogP contribution in [-0.4, -0.2) is 65.0 Å². The van der Waals surface area contributed by atoms with Crippen LogP contribution in [0, 0.1) is 20.2 Å². The van der Waals surface area contributed by atoms with E-state index in [1.807, 2.05) is 4.90 Å². The van der Waals surface area contributed by atoms with Crippen LogP contribution in [0.25, 0.3) is 0 Å². The summed E-state index contributed by atoms with van der Waals surface area (Å²) in [5, 5.41) is 25.8. The zero-order valence-electron chi connectivity index (χ0n) is 20.6. The van der Waals surface area contributed by atoms with Gasteiger partial charge in [-0.05, 0) is 55.7 Å². The first-order valence-corrected chi connectivity index (χ1v) is 12.6. The molecule has 2 aliphatic heterocycles. The molecule has 1 N–H and O–H groups in total. The molecule has 2 aromatic carbocycles. The molecule has 2 fully saturated rings. The third kappa shape index (κ3) is 6.35. The van der Waals surface area contributed by atoms with E-state index in [0.717, 1.165) is 31.4 Å². The van der Waals surface area contributed by atoms with Crippen LogP contribution in [0.1, 0.15) is 35.2 Å². The summed E-state index contributed by atoms with van der Waals surface area (Å²) in [6, 6.07) is 6.70. The lowest BCUT2D eigenvalue weighted by Gasteiger charge is -2.37. The molecule has 2 heterocycles. The number of nitro benzene ring substituents is 2. The molecular formula is C24H25F3N6O5S. The monoisotopic (exact) mass is 566 g/mol. The fourth-order valence-corrected chi connectivity index (χ4v) is 5.00. The number of alkyl halides is 3. The van der Waals surface area contributed by atoms with Crippen LogP contribution < -0.4 is 15.1 Å². The average Bonchev–Trinajstić information content (AvgIpc) is 2.92. The number of anilines is 2. The Hall–Kier alpha value is -4.01. The number of hydrogen-bond donors (Lipinski definition) is 1. The maximum absolute atomic E-state index is 13.0. The van der Waals surface area contributed by atoms with Gasteiger partial charge in [0.25, 0.3) is 17.3 Å². The maximum atomic E-state index is 13.0. The van der Waals surface area contributed by atoms with Crippen LogP contribution in [-0.2, 0) is 6.18 Å². The van der Waals surface area contributed by atoms with Crippen LogP contribution in [0.15, 0.2) is 36.4 Å². The molecule has 39 heavy (non-hydrogen) atoms. The van der Waals surface area contributed by atoms with Gasteiger partial charge in [0, 0.05) is 57.0 Å². The standard InChI is InChI=1S/C24H25F3N6O5S/c25-24(26,27)17-5-7-19(21(15-17)33(37)38)30-10-12-31(13-11-30)23(39)28-22(34)16-4-6-18(20(14-16)32(35)36)29-8-2-1-3-9-29/h4-7,14-15H,1-3,8-13H2,(H,28,34,39). The van der Waals surface area contributed by atoms with Crippen molar-refractivity contribution in [1.29, 1.82) is 0 Å². The molecule has 15 heteroatoms. The Labute approximate surface area is 226 Å². The summed E-state index contributed by atoms with van der Waals surface area (Å²) >= 11 is 5.34. The lowest BCUT2D eigenvalue weighted by Crippen LogP contribution is -2.52. The Morgan fingerprint density at radius 2 is 1.36 bits per heavy atom. The molecule has 0 atom stereocenters. The van der Waals surface area contributed by atoms with Gasteiger partial charge in [-0.2, -0.15) is 13.2 Å². The van der Waals surface area contributed by atoms with Crippen molar-refractivity contribution in [1.82, 2.24) is 10.2 Å². The van der Waals surface area contributed by atoms with Gasteiger partial charge < -0.3 is 14.7 Å². The molecule has 2 saturated heterocycles. The summed E-state index contributed by atoms with van der Waals surface area (Å²) in [5.74, 6) is -0.617. The fraction of sp³-hybridized carbons (Fsp3) is 0.417. The number of piperidine rings is 1. The minimum Gasteiger partial charge on any atom is -0.366 e. The third-order valence-electron chi connectivity index (χ3n) is 6.76. The molecule has 0 saturated carbocycles. The van der Waals surface area contributed by atoms with E-state index in [4.69, 9.17) is 12.2 Å². The second kappa shape index (κ2) is 11.4. The lowest BCUT2D eigenvalue weighted by molar-refractivity contribution is -0.384. The number of carbonyl (C=O) groups excluding carboxylic acids is 1. The number of nitro groups is 2. The van der Waals surface area contributed by atoms with E-state index in [9.17, 15) is 38.2 Å². The van der Waals surface area contributed by atoms with Crippen LogP contribution in [0.4, 0.5) is 35.9 Å². The summed E-state index contributed by atoms with van der Waals surface area (Å²) < 4.78 is 39.0. The minimum atomic E-state index is -4.71. The Balaban J connectivity index is 1.40. The highest BCUT2D eigenvalue weighted by Gasteiger charge is 2.34. The van der Waals surface area contributed by atoms with Crippen molar-refractivity contribution in [2.24, 2.45) is 0 Å². The zero-order valence-corrected chi connectivity index (χ0v) is 21.5. The van der Waals surface area contributed by atoms with Crippen molar-refractivity contribution in [2.75, 3.05) is 49.1 Å². The number of halogens is 3. The Kier molecular flexibility index (Phi) is 8.18. The number of rotatable bonds is 5. The third-order valence-corrected chi connectivity index (χ3v) is 7.12. The van der Waals surface area contributed by atoms with E-state index in [2.05, 4.69) is 5.32 Å². The number of nitrogens with zero attached hydrogens (tertiary/aromatic N) is 5. The van der Waals surface area contributed by atoms with Gasteiger partial charge in [0.1, 0.15) is 11.4 Å². The second-order valence-electron chi connectivity index (χ2n) is 9.20. The van der Waals surface area contributed by atoms with E-state index in [0.29, 0.717) is 24.8 Å². The summed E-state index contributed by atoms with van der Waals surface area (Å²) in [7, 11) is 0. The van der Waals surface area contributed by atoms with Crippen molar-refractivity contribution >= 4 is 46.0 Å². The fourth-order valence-electron chi connectivity index (χ4n) is 4.73. The highest BCUT2D eigenvalue weighted by Crippen LogP contribution is 2.37. The number of nitrogens with one attached hydrogen (secondary N) is 1. The Morgan fingerprint density at radius 1 is 0.821 bits per heavy atom. The number of hydrogen-bond acceptors (Lipinski definition) is 8. The summed E-state index contributed by atoms with van der Waals surface area (Å²) in [4.78, 5) is 39.8. The van der Waals surface area contributed by atoms with Crippen LogP contribution in [0.2, 0.25) is 0 Å². The molecule has 11 nitrogen and oxygen atoms in total. The second-order valence-corrected chi connectivity index (χ2v) is 9.59. The molecule has 0 bridgehead atoms. The molecule has 2 aliphatic rings. The number of thiocarbonyl (C=S) groups is 1. The lowest BCUT2D eigenvalue weighted by atomic mass is 10.1. The molecule has 1 amide bonds. The molecule has 0 spiro atoms. The number of piperazine rings is 1. The van der Waals surface area contributed by atoms with Crippen molar-refractivity contribution in [3.05, 3.63) is 67.8 Å². The van der Waals surface area contributed by atoms with E-state index in [-0.39, 0.29) is 48.2 Å². The van der Waals surface area contributed by atoms with Crippen molar-refractivity contribution < 1.29 is 27.8 Å². The smallest absolute Gasteiger partial charge is 0.366 e. The Bertz CT molecular complexity index is 1290. The predicted octanol–water partition coefficient (Wildman–Crippen LogP) is 4.35. The van der Waals surface area contributed by atoms with E-state index >= 15 is 0 Å². The molecule has 4 rings (SSSR count). The van der Waals surface area contributed by atoms with Crippen LogP contribution >= 0.6 is 12.2 Å². The number of benzene rings is 2. The normalized spacial score (nSPS) is 16.1. The van der Waals surface area contributed by atoms with Crippen molar-refractivity contribution in [3.8, 4) is 0 Å². The molecule has 2 aromatic rings. The number of amides is 1. The first kappa shape index (κ1) is 28.0. The van der Waals surface area contributed by atoms with Gasteiger partial charge in [-0.25, -0.2) is 0 Å². The SMILES string of the molecule is O=C(NC(=S)N1CCN(c2ccc(C(F)(F)F)cc2[N+](=O)[O-])CC1)c1ccc(N2CCCCC2)c([N+](=O)[O-])c1. The first-order valence-electron chi connectivity index (χ1n) is 12.2. The van der Waals surface area contributed by atoms with E-state index < -0.39 is 33.2 Å². The van der Waals surface area contributed by atoms with Gasteiger partial charge in [-0.15, -0.1) is 0 Å². The quantitative estimate of drug-likeness (QED) is 0.319. The van der Waals surface area contributed by atoms with Gasteiger partial charge in [-0.1, -0.05) is 0 Å². The highest BCUT2D eigenvalue weighted by molar-refractivity contribution is 7.80. The first-order chi connectivity index (χ1) is 18.5. The topological polar surface area (TPSA) is 125 Å². The predicted molar refractivity (Wildman–Crippen MR) is 141 cm³/mol. The summed E-state index contributed by atoms with van der Waals surface area (Å²) in [5.41, 5.74) is -1.32. The van der Waals surface area contributed by atoms with Crippen LogP contribution in [0.5, 0.6) is 0 Å². The molecule has 0 unspecified atom stereocenters. The van der Waals surface area contributed by atoms with Crippen molar-refractivity contribution in [2.45, 2.75) is 25.4 Å². The minimum absolute atomic E-state index is 0.0590. The molecule has 0 aliphatic carbocycles. The molecule has 208 valence electrons. The van der Waals surface area contributed by atoms with Gasteiger partial charge >= 0.3 is 6.18 Å². The Morgan fingerprint density at radius 3 is 1.92 bits per heavy atom. The van der Waals surface area contributed by atoms with E-state index in [1.165, 1.54) is 12.1 Å². The van der Waals surface area contributed by atoms with Gasteiger partial charge in [0.05, 0.1) is 15.4 Å². The van der Waals surface area contributed by atoms with Crippen molar-refractivity contribution in [3.63, 3.8) is 0 Å². The highest BCUT2D eigenvalue weighted by atomic mass is 32.1. The van der Waals surface area contributed by atoms with Gasteiger partial charge in [0.15, 0.2) is 5.11 Å². The molecular weight excluding hydrogens is 541 g/mol. The molecule has 0 radical (unpaired) electrons. The van der Waals surface area contributed by atoms with Gasteiger partial charge in [-0.3, -0.25) is 30.3 Å². The number of carbonyl (C=O) groups is 1. The van der Waals surface area contributed by atoms with E-state index in [1.54, 1.807) is 15.9 Å². The van der Waals surface area contributed by atoms with Crippen LogP contribution in [0.3, 0.4) is 0 Å². The van der Waals surface area contributed by atoms with Gasteiger partial charge in [0.2, 0.25) is 0 Å². The largest absolute Gasteiger partial charge is 0.416 e. The molecule has 0 aromatic heterocycles. The zero-order chi connectivity index (χ0) is 28.3. The average molecular weight is 567 g/mol. The summed E-state index contributed by atoms with van der Waals surface area (Å²) in [6.07, 6.45) is -1.77. The maximum Gasteiger partial charge on any atom is 0.416 e. The summed E-state index contributed by atoms with van der Waals surface area (Å²) in [6.45, 7) is 2.31.